The molecule has 84 valence electrons. The zero-order chi connectivity index (χ0) is 10.7. The Bertz CT molecular complexity index is 394. The Kier molecular flexibility index (Phi) is 3.40. The number of nitrogens with one attached hydrogen (secondary N) is 2. The molecular weight excluding hydrogens is 232 g/mol. The van der Waals surface area contributed by atoms with Crippen molar-refractivity contribution in [1.82, 2.24) is 10.0 Å². The molecule has 15 heavy (non-hydrogen) atoms. The molecule has 0 aliphatic carbocycles. The molecule has 0 radical (unpaired) electrons. The van der Waals surface area contributed by atoms with Crippen LogP contribution in [0.3, 0.4) is 0 Å². The molecule has 2 heterocycles. The van der Waals surface area contributed by atoms with Gasteiger partial charge in [0.1, 0.15) is 4.21 Å². The highest BCUT2D eigenvalue weighted by Crippen LogP contribution is 2.15. The van der Waals surface area contributed by atoms with Gasteiger partial charge in [-0.2, -0.15) is 0 Å². The summed E-state index contributed by atoms with van der Waals surface area (Å²) in [5.74, 6) is 0. The van der Waals surface area contributed by atoms with Gasteiger partial charge in [0.2, 0.25) is 10.0 Å². The van der Waals surface area contributed by atoms with Gasteiger partial charge < -0.3 is 5.32 Å². The third-order valence-corrected chi connectivity index (χ3v) is 5.26. The largest absolute Gasteiger partial charge is 0.313 e. The van der Waals surface area contributed by atoms with Gasteiger partial charge >= 0.3 is 0 Å². The van der Waals surface area contributed by atoms with Crippen LogP contribution in [0.2, 0.25) is 0 Å². The predicted octanol–water partition coefficient (Wildman–Crippen LogP) is 0.778. The molecule has 1 aromatic heterocycles. The summed E-state index contributed by atoms with van der Waals surface area (Å²) < 4.78 is 26.5. The summed E-state index contributed by atoms with van der Waals surface area (Å²) in [5, 5.41) is 5.02. The molecule has 2 N–H and O–H groups in total. The Morgan fingerprint density at radius 1 is 1.60 bits per heavy atom. The molecule has 2 rings (SSSR count). The third kappa shape index (κ3) is 2.78. The van der Waals surface area contributed by atoms with E-state index >= 15 is 0 Å². The fourth-order valence-electron chi connectivity index (χ4n) is 1.63. The Labute approximate surface area is 93.8 Å². The van der Waals surface area contributed by atoms with E-state index in [1.165, 1.54) is 11.3 Å². The van der Waals surface area contributed by atoms with Gasteiger partial charge in [0.15, 0.2) is 0 Å². The van der Waals surface area contributed by atoms with Gasteiger partial charge in [0.25, 0.3) is 0 Å². The Hall–Kier alpha value is -0.430. The molecule has 0 bridgehead atoms. The minimum atomic E-state index is -3.28. The van der Waals surface area contributed by atoms with Crippen LogP contribution in [0, 0.1) is 0 Å². The van der Waals surface area contributed by atoms with E-state index < -0.39 is 10.0 Å². The van der Waals surface area contributed by atoms with Crippen molar-refractivity contribution >= 4 is 21.4 Å². The van der Waals surface area contributed by atoms with E-state index in [1.807, 2.05) is 0 Å². The Morgan fingerprint density at radius 3 is 3.07 bits per heavy atom. The van der Waals surface area contributed by atoms with Crippen molar-refractivity contribution in [3.05, 3.63) is 17.5 Å². The fourth-order valence-corrected chi connectivity index (χ4v) is 3.75. The minimum Gasteiger partial charge on any atom is -0.313 e. The van der Waals surface area contributed by atoms with Crippen LogP contribution in [0.1, 0.15) is 12.8 Å². The number of hydrogen-bond acceptors (Lipinski definition) is 4. The molecule has 1 saturated heterocycles. The van der Waals surface area contributed by atoms with Crippen molar-refractivity contribution in [1.29, 1.82) is 0 Å². The first kappa shape index (κ1) is 11.1. The monoisotopic (exact) mass is 246 g/mol. The molecule has 0 aromatic carbocycles. The fraction of sp³-hybridized carbons (Fsp3) is 0.556. The van der Waals surface area contributed by atoms with Crippen LogP contribution in [-0.2, 0) is 10.0 Å². The molecule has 1 aliphatic rings. The third-order valence-electron chi connectivity index (χ3n) is 2.44. The summed E-state index contributed by atoms with van der Waals surface area (Å²) in [4.78, 5) is 0. The molecule has 4 nitrogen and oxygen atoms in total. The van der Waals surface area contributed by atoms with Crippen LogP contribution >= 0.6 is 11.3 Å². The molecule has 1 fully saturated rings. The van der Waals surface area contributed by atoms with Crippen molar-refractivity contribution in [3.63, 3.8) is 0 Å². The van der Waals surface area contributed by atoms with Crippen LogP contribution in [0.4, 0.5) is 0 Å². The topological polar surface area (TPSA) is 58.2 Å². The molecule has 1 aromatic rings. The molecule has 6 heteroatoms. The van der Waals surface area contributed by atoms with E-state index in [0.717, 1.165) is 19.4 Å². The summed E-state index contributed by atoms with van der Waals surface area (Å²) in [6.07, 6.45) is 2.18. The second-order valence-corrected chi connectivity index (χ2v) is 6.52. The van der Waals surface area contributed by atoms with Gasteiger partial charge in [-0.25, -0.2) is 13.1 Å². The Morgan fingerprint density at radius 2 is 2.47 bits per heavy atom. The van der Waals surface area contributed by atoms with E-state index in [1.54, 1.807) is 17.5 Å². The van der Waals surface area contributed by atoms with Crippen molar-refractivity contribution in [2.45, 2.75) is 23.1 Å². The van der Waals surface area contributed by atoms with Crippen LogP contribution in [-0.4, -0.2) is 27.5 Å². The van der Waals surface area contributed by atoms with Crippen molar-refractivity contribution in [2.24, 2.45) is 0 Å². The lowest BCUT2D eigenvalue weighted by molar-refractivity contribution is 0.553. The first-order chi connectivity index (χ1) is 7.18. The van der Waals surface area contributed by atoms with Crippen molar-refractivity contribution < 1.29 is 8.42 Å². The number of sulfonamides is 1. The van der Waals surface area contributed by atoms with Crippen LogP contribution in [0.25, 0.3) is 0 Å². The lowest BCUT2D eigenvalue weighted by Crippen LogP contribution is -2.36. The van der Waals surface area contributed by atoms with Gasteiger partial charge in [-0.1, -0.05) is 6.07 Å². The van der Waals surface area contributed by atoms with E-state index in [0.29, 0.717) is 16.8 Å². The van der Waals surface area contributed by atoms with E-state index in [4.69, 9.17) is 0 Å². The zero-order valence-corrected chi connectivity index (χ0v) is 9.90. The van der Waals surface area contributed by atoms with Crippen molar-refractivity contribution in [2.75, 3.05) is 13.1 Å². The maximum atomic E-state index is 11.7. The highest BCUT2D eigenvalue weighted by Gasteiger charge is 2.19. The van der Waals surface area contributed by atoms with Crippen LogP contribution in [0.5, 0.6) is 0 Å². The second kappa shape index (κ2) is 4.61. The smallest absolute Gasteiger partial charge is 0.250 e. The Balaban J connectivity index is 1.93. The second-order valence-electron chi connectivity index (χ2n) is 3.58. The molecule has 0 spiro atoms. The summed E-state index contributed by atoms with van der Waals surface area (Å²) in [5.41, 5.74) is 0. The average molecular weight is 246 g/mol. The van der Waals surface area contributed by atoms with Gasteiger partial charge in [-0.15, -0.1) is 11.3 Å². The lowest BCUT2D eigenvalue weighted by Gasteiger charge is -2.10. The first-order valence-corrected chi connectivity index (χ1v) is 7.31. The summed E-state index contributed by atoms with van der Waals surface area (Å²) in [7, 11) is -3.28. The highest BCUT2D eigenvalue weighted by molar-refractivity contribution is 7.91. The average Bonchev–Trinajstić information content (AvgIpc) is 2.88. The van der Waals surface area contributed by atoms with Gasteiger partial charge in [-0.3, -0.25) is 0 Å². The summed E-state index contributed by atoms with van der Waals surface area (Å²) in [6, 6.07) is 3.65. The van der Waals surface area contributed by atoms with Crippen LogP contribution in [0.15, 0.2) is 21.7 Å². The lowest BCUT2D eigenvalue weighted by atomic mass is 10.2. The molecule has 0 amide bonds. The standard InChI is InChI=1S/C9H14N2O2S2/c12-15(13,9-4-2-6-14-9)11-7-8-3-1-5-10-8/h2,4,6,8,10-11H,1,3,5,7H2/t8-/m0/s1. The summed E-state index contributed by atoms with van der Waals surface area (Å²) in [6.45, 7) is 1.48. The van der Waals surface area contributed by atoms with E-state index in [2.05, 4.69) is 10.0 Å². The number of hydrogen-bond donors (Lipinski definition) is 2. The maximum absolute atomic E-state index is 11.7. The number of thiophene rings is 1. The molecular formula is C9H14N2O2S2. The normalized spacial score (nSPS) is 22.0. The first-order valence-electron chi connectivity index (χ1n) is 4.95. The van der Waals surface area contributed by atoms with E-state index in [9.17, 15) is 8.42 Å². The molecule has 1 atom stereocenters. The molecule has 0 unspecified atom stereocenters. The maximum Gasteiger partial charge on any atom is 0.250 e. The SMILES string of the molecule is O=S(=O)(NC[C@@H]1CCCN1)c1cccs1. The van der Waals surface area contributed by atoms with Gasteiger partial charge in [-0.05, 0) is 30.8 Å². The van der Waals surface area contributed by atoms with Crippen LogP contribution < -0.4 is 10.0 Å². The zero-order valence-electron chi connectivity index (χ0n) is 8.27. The molecule has 0 saturated carbocycles. The van der Waals surface area contributed by atoms with Gasteiger partial charge in [0, 0.05) is 12.6 Å². The summed E-state index contributed by atoms with van der Waals surface area (Å²) >= 11 is 1.24. The highest BCUT2D eigenvalue weighted by atomic mass is 32.2. The number of rotatable bonds is 4. The minimum absolute atomic E-state index is 0.291. The van der Waals surface area contributed by atoms with Crippen molar-refractivity contribution in [3.8, 4) is 0 Å². The quantitative estimate of drug-likeness (QED) is 0.825. The molecule has 1 aliphatic heterocycles. The predicted molar refractivity (Wildman–Crippen MR) is 60.5 cm³/mol. The van der Waals surface area contributed by atoms with E-state index in [-0.39, 0.29) is 0 Å². The van der Waals surface area contributed by atoms with Gasteiger partial charge in [0.05, 0.1) is 0 Å².